The molecule has 0 saturated heterocycles. The van der Waals surface area contributed by atoms with Crippen molar-refractivity contribution >= 4 is 0 Å². The zero-order valence-electron chi connectivity index (χ0n) is 9.35. The summed E-state index contributed by atoms with van der Waals surface area (Å²) < 4.78 is 30.6. The van der Waals surface area contributed by atoms with Crippen molar-refractivity contribution in [1.82, 2.24) is 0 Å². The maximum Gasteiger partial charge on any atom is 0.358 e. The van der Waals surface area contributed by atoms with Gasteiger partial charge >= 0.3 is 6.11 Å². The first kappa shape index (κ1) is 12.6. The van der Waals surface area contributed by atoms with Crippen molar-refractivity contribution in [1.29, 1.82) is 0 Å². The maximum absolute atomic E-state index is 13.2. The van der Waals surface area contributed by atoms with Crippen molar-refractivity contribution in [2.45, 2.75) is 44.6 Å². The van der Waals surface area contributed by atoms with Gasteiger partial charge in [0, 0.05) is 7.11 Å². The predicted octanol–water partition coefficient (Wildman–Crippen LogP) is 4.00. The summed E-state index contributed by atoms with van der Waals surface area (Å²) in [5.74, 6) is 0.0226. The lowest BCUT2D eigenvalue weighted by molar-refractivity contribution is -0.262. The average Bonchev–Trinajstić information content (AvgIpc) is 2.27. The van der Waals surface area contributed by atoms with E-state index in [1.807, 2.05) is 6.08 Å². The van der Waals surface area contributed by atoms with Gasteiger partial charge in [-0.05, 0) is 44.4 Å². The second-order valence-corrected chi connectivity index (χ2v) is 4.35. The molecule has 0 aromatic carbocycles. The van der Waals surface area contributed by atoms with Crippen molar-refractivity contribution in [3.63, 3.8) is 0 Å². The quantitative estimate of drug-likeness (QED) is 0.634. The van der Waals surface area contributed by atoms with Crippen LogP contribution >= 0.6 is 0 Å². The number of hydrogen-bond donors (Lipinski definition) is 0. The molecular weight excluding hydrogens is 198 g/mol. The lowest BCUT2D eigenvalue weighted by Gasteiger charge is -2.32. The largest absolute Gasteiger partial charge is 0.358 e. The highest BCUT2D eigenvalue weighted by Crippen LogP contribution is 2.40. The second-order valence-electron chi connectivity index (χ2n) is 4.35. The SMILES string of the molecule is C=CCCC1CCC(C(F)(F)OC)CC1. The van der Waals surface area contributed by atoms with Crippen LogP contribution in [0.1, 0.15) is 38.5 Å². The molecule has 0 aromatic heterocycles. The van der Waals surface area contributed by atoms with Crippen LogP contribution in [0.3, 0.4) is 0 Å². The van der Waals surface area contributed by atoms with Gasteiger partial charge in [-0.15, -0.1) is 6.58 Å². The van der Waals surface area contributed by atoms with Crippen LogP contribution in [0.4, 0.5) is 8.78 Å². The van der Waals surface area contributed by atoms with E-state index in [1.165, 1.54) is 0 Å². The fourth-order valence-electron chi connectivity index (χ4n) is 2.31. The Morgan fingerprint density at radius 1 is 1.33 bits per heavy atom. The summed E-state index contributed by atoms with van der Waals surface area (Å²) in [4.78, 5) is 0. The Labute approximate surface area is 90.5 Å². The smallest absolute Gasteiger partial charge is 0.324 e. The molecule has 1 aliphatic carbocycles. The standard InChI is InChI=1S/C12H20F2O/c1-3-4-5-10-6-8-11(9-7-10)12(13,14)15-2/h3,10-11H,1,4-9H2,2H3. The van der Waals surface area contributed by atoms with Crippen LogP contribution in [0.2, 0.25) is 0 Å². The van der Waals surface area contributed by atoms with Crippen LogP contribution < -0.4 is 0 Å². The zero-order chi connectivity index (χ0) is 11.3. The van der Waals surface area contributed by atoms with Gasteiger partial charge in [0.25, 0.3) is 0 Å². The number of alkyl halides is 2. The number of hydrogen-bond acceptors (Lipinski definition) is 1. The van der Waals surface area contributed by atoms with Crippen molar-refractivity contribution < 1.29 is 13.5 Å². The highest BCUT2D eigenvalue weighted by atomic mass is 19.3. The lowest BCUT2D eigenvalue weighted by Crippen LogP contribution is -2.33. The summed E-state index contributed by atoms with van der Waals surface area (Å²) in [6.45, 7) is 3.67. The summed E-state index contributed by atoms with van der Waals surface area (Å²) in [5, 5.41) is 0. The number of rotatable bonds is 5. The molecule has 0 aromatic rings. The van der Waals surface area contributed by atoms with Gasteiger partial charge in [0.1, 0.15) is 0 Å². The Kier molecular flexibility index (Phi) is 4.71. The third-order valence-electron chi connectivity index (χ3n) is 3.37. The van der Waals surface area contributed by atoms with Gasteiger partial charge in [-0.1, -0.05) is 6.08 Å². The van der Waals surface area contributed by atoms with E-state index < -0.39 is 12.0 Å². The van der Waals surface area contributed by atoms with Crippen LogP contribution in [0, 0.1) is 11.8 Å². The molecule has 1 fully saturated rings. The van der Waals surface area contributed by atoms with Crippen LogP contribution in [-0.4, -0.2) is 13.2 Å². The minimum Gasteiger partial charge on any atom is -0.324 e. The van der Waals surface area contributed by atoms with E-state index in [2.05, 4.69) is 11.3 Å². The molecule has 0 N–H and O–H groups in total. The first-order valence-corrected chi connectivity index (χ1v) is 5.64. The van der Waals surface area contributed by atoms with Crippen LogP contribution in [0.25, 0.3) is 0 Å². The molecule has 0 atom stereocenters. The number of ether oxygens (including phenoxy) is 1. The fraction of sp³-hybridized carbons (Fsp3) is 0.833. The first-order chi connectivity index (χ1) is 7.10. The van der Waals surface area contributed by atoms with Crippen molar-refractivity contribution in [3.8, 4) is 0 Å². The number of halogens is 2. The Hall–Kier alpha value is -0.440. The first-order valence-electron chi connectivity index (χ1n) is 5.64. The van der Waals surface area contributed by atoms with Crippen LogP contribution in [-0.2, 0) is 4.74 Å². The second kappa shape index (κ2) is 5.59. The topological polar surface area (TPSA) is 9.23 Å². The lowest BCUT2D eigenvalue weighted by atomic mass is 9.79. The molecule has 1 aliphatic rings. The molecule has 1 saturated carbocycles. The summed E-state index contributed by atoms with van der Waals surface area (Å²) in [5.41, 5.74) is 0. The van der Waals surface area contributed by atoms with E-state index in [0.29, 0.717) is 18.8 Å². The molecule has 88 valence electrons. The Bertz CT molecular complexity index is 196. The summed E-state index contributed by atoms with van der Waals surface area (Å²) in [7, 11) is 1.09. The van der Waals surface area contributed by atoms with Gasteiger partial charge in [0.15, 0.2) is 0 Å². The van der Waals surface area contributed by atoms with Gasteiger partial charge in [-0.25, -0.2) is 0 Å². The van der Waals surface area contributed by atoms with E-state index in [-0.39, 0.29) is 0 Å². The molecular formula is C12H20F2O. The molecule has 0 aliphatic heterocycles. The minimum atomic E-state index is -2.93. The van der Waals surface area contributed by atoms with E-state index in [0.717, 1.165) is 32.8 Å². The summed E-state index contributed by atoms with van der Waals surface area (Å²) in [6.07, 6.45) is 4.03. The van der Waals surface area contributed by atoms with E-state index in [1.54, 1.807) is 0 Å². The average molecular weight is 218 g/mol. The maximum atomic E-state index is 13.2. The summed E-state index contributed by atoms with van der Waals surface area (Å²) in [6, 6.07) is 0. The molecule has 1 rings (SSSR count). The van der Waals surface area contributed by atoms with Crippen LogP contribution in [0.5, 0.6) is 0 Å². The van der Waals surface area contributed by atoms with E-state index >= 15 is 0 Å². The Morgan fingerprint density at radius 2 is 1.93 bits per heavy atom. The minimum absolute atomic E-state index is 0.581. The van der Waals surface area contributed by atoms with E-state index in [9.17, 15) is 8.78 Å². The van der Waals surface area contributed by atoms with Crippen molar-refractivity contribution in [3.05, 3.63) is 12.7 Å². The Balaban J connectivity index is 2.32. The van der Waals surface area contributed by atoms with Gasteiger partial charge in [-0.2, -0.15) is 8.78 Å². The predicted molar refractivity (Wildman–Crippen MR) is 56.8 cm³/mol. The molecule has 3 heteroatoms. The third kappa shape index (κ3) is 3.56. The van der Waals surface area contributed by atoms with Gasteiger partial charge in [0.2, 0.25) is 0 Å². The van der Waals surface area contributed by atoms with Gasteiger partial charge < -0.3 is 4.74 Å². The van der Waals surface area contributed by atoms with E-state index in [4.69, 9.17) is 0 Å². The van der Waals surface area contributed by atoms with Gasteiger partial charge in [0.05, 0.1) is 5.92 Å². The van der Waals surface area contributed by atoms with Crippen molar-refractivity contribution in [2.24, 2.45) is 11.8 Å². The molecule has 0 bridgehead atoms. The monoisotopic (exact) mass is 218 g/mol. The Morgan fingerprint density at radius 3 is 2.40 bits per heavy atom. The molecule has 1 nitrogen and oxygen atoms in total. The van der Waals surface area contributed by atoms with Crippen molar-refractivity contribution in [2.75, 3.05) is 7.11 Å². The fourth-order valence-corrected chi connectivity index (χ4v) is 2.31. The summed E-state index contributed by atoms with van der Waals surface area (Å²) >= 11 is 0. The molecule has 0 spiro atoms. The highest BCUT2D eigenvalue weighted by molar-refractivity contribution is 4.79. The van der Waals surface area contributed by atoms with Crippen LogP contribution in [0.15, 0.2) is 12.7 Å². The molecule has 0 amide bonds. The highest BCUT2D eigenvalue weighted by Gasteiger charge is 2.41. The third-order valence-corrected chi connectivity index (χ3v) is 3.37. The normalized spacial score (nSPS) is 27.7. The zero-order valence-corrected chi connectivity index (χ0v) is 9.35. The molecule has 0 unspecified atom stereocenters. The number of methoxy groups -OCH3 is 1. The molecule has 0 radical (unpaired) electrons. The molecule has 15 heavy (non-hydrogen) atoms. The number of allylic oxidation sites excluding steroid dienone is 1. The molecule has 0 heterocycles. The van der Waals surface area contributed by atoms with Gasteiger partial charge in [-0.3, -0.25) is 0 Å².